The van der Waals surface area contributed by atoms with E-state index < -0.39 is 12.0 Å². The molecule has 6 heteroatoms. The number of fused-ring (bicyclic) bond motifs is 1. The molecule has 2 aromatic rings. The lowest BCUT2D eigenvalue weighted by Gasteiger charge is -2.14. The lowest BCUT2D eigenvalue weighted by molar-refractivity contribution is -0.143. The Bertz CT molecular complexity index is 693. The monoisotopic (exact) mass is 316 g/mol. The molecule has 6 nitrogen and oxygen atoms in total. The number of aromatic nitrogens is 1. The van der Waals surface area contributed by atoms with Gasteiger partial charge in [0.25, 0.3) is 0 Å². The fourth-order valence-electron chi connectivity index (χ4n) is 2.27. The van der Waals surface area contributed by atoms with Gasteiger partial charge in [0.1, 0.15) is 0 Å². The summed E-state index contributed by atoms with van der Waals surface area (Å²) in [6.07, 6.45) is 3.64. The molecule has 122 valence electrons. The molecule has 1 atom stereocenters. The molecule has 1 amide bonds. The van der Waals surface area contributed by atoms with E-state index in [1.165, 1.54) is 6.08 Å². The second kappa shape index (κ2) is 8.14. The molecule has 2 N–H and O–H groups in total. The molecular formula is C17H20N2O4. The summed E-state index contributed by atoms with van der Waals surface area (Å²) < 4.78 is 7.07. The number of carboxylic acids is 1. The number of hydrogen-bond donors (Lipinski definition) is 2. The molecule has 0 aliphatic rings. The third-order valence-electron chi connectivity index (χ3n) is 3.41. The Kier molecular flexibility index (Phi) is 5.94. The highest BCUT2D eigenvalue weighted by Gasteiger charge is 2.19. The molecule has 0 spiro atoms. The summed E-state index contributed by atoms with van der Waals surface area (Å²) in [4.78, 5) is 23.1. The summed E-state index contributed by atoms with van der Waals surface area (Å²) in [5.74, 6) is -1.44. The third-order valence-corrected chi connectivity index (χ3v) is 3.41. The zero-order valence-electron chi connectivity index (χ0n) is 12.8. The number of hydrogen-bond acceptors (Lipinski definition) is 3. The van der Waals surface area contributed by atoms with Crippen LogP contribution in [0.5, 0.6) is 0 Å². The van der Waals surface area contributed by atoms with Crippen LogP contribution in [0.3, 0.4) is 0 Å². The molecule has 0 bridgehead atoms. The van der Waals surface area contributed by atoms with Crippen LogP contribution in [0.25, 0.3) is 10.9 Å². The van der Waals surface area contributed by atoms with Crippen LogP contribution in [0.1, 0.15) is 6.42 Å². The molecule has 23 heavy (non-hydrogen) atoms. The van der Waals surface area contributed by atoms with Crippen molar-refractivity contribution < 1.29 is 19.4 Å². The Morgan fingerprint density at radius 2 is 2.13 bits per heavy atom. The van der Waals surface area contributed by atoms with Gasteiger partial charge in [0, 0.05) is 24.7 Å². The summed E-state index contributed by atoms with van der Waals surface area (Å²) in [7, 11) is 0. The number of ether oxygens (including phenoxy) is 1. The molecule has 0 saturated carbocycles. The van der Waals surface area contributed by atoms with Crippen molar-refractivity contribution in [1.29, 1.82) is 0 Å². The maximum Gasteiger partial charge on any atom is 0.328 e. The molecule has 0 aliphatic carbocycles. The van der Waals surface area contributed by atoms with Crippen LogP contribution < -0.4 is 5.32 Å². The first-order valence-corrected chi connectivity index (χ1v) is 7.36. The Hall–Kier alpha value is -2.60. The predicted octanol–water partition coefficient (Wildman–Crippen LogP) is 1.80. The summed E-state index contributed by atoms with van der Waals surface area (Å²) in [5, 5.41) is 12.7. The van der Waals surface area contributed by atoms with E-state index in [0.717, 1.165) is 10.9 Å². The average Bonchev–Trinajstić information content (AvgIpc) is 2.95. The number of benzene rings is 1. The maximum atomic E-state index is 12.0. The van der Waals surface area contributed by atoms with Crippen molar-refractivity contribution in [3.05, 3.63) is 49.2 Å². The van der Waals surface area contributed by atoms with E-state index in [9.17, 15) is 9.59 Å². The number of aryl methyl sites for hydroxylation is 1. The van der Waals surface area contributed by atoms with Gasteiger partial charge >= 0.3 is 5.97 Å². The maximum absolute atomic E-state index is 12.0. The number of carboxylic acid groups (broad SMARTS) is 1. The molecular weight excluding hydrogens is 296 g/mol. The first-order chi connectivity index (χ1) is 11.1. The highest BCUT2D eigenvalue weighted by molar-refractivity contribution is 5.84. The minimum atomic E-state index is -1.12. The Labute approximate surface area is 134 Å². The summed E-state index contributed by atoms with van der Waals surface area (Å²) >= 11 is 0. The Morgan fingerprint density at radius 3 is 2.87 bits per heavy atom. The molecule has 1 unspecified atom stereocenters. The molecule has 2 rings (SSSR count). The fourth-order valence-corrected chi connectivity index (χ4v) is 2.27. The lowest BCUT2D eigenvalue weighted by Crippen LogP contribution is -2.44. The molecule has 1 aromatic carbocycles. The second-order valence-corrected chi connectivity index (χ2v) is 5.10. The zero-order valence-corrected chi connectivity index (χ0v) is 12.8. The van der Waals surface area contributed by atoms with E-state index in [1.54, 1.807) is 0 Å². The van der Waals surface area contributed by atoms with Crippen molar-refractivity contribution in [3.63, 3.8) is 0 Å². The highest BCUT2D eigenvalue weighted by atomic mass is 16.5. The van der Waals surface area contributed by atoms with E-state index in [2.05, 4.69) is 11.9 Å². The summed E-state index contributed by atoms with van der Waals surface area (Å²) in [6, 6.07) is 8.82. The van der Waals surface area contributed by atoms with E-state index in [0.29, 0.717) is 6.54 Å². The van der Waals surface area contributed by atoms with Crippen LogP contribution in [0, 0.1) is 0 Å². The van der Waals surface area contributed by atoms with Crippen LogP contribution >= 0.6 is 0 Å². The van der Waals surface area contributed by atoms with Gasteiger partial charge in [-0.3, -0.25) is 4.79 Å². The van der Waals surface area contributed by atoms with Gasteiger partial charge in [0.2, 0.25) is 5.91 Å². The molecule has 0 radical (unpaired) electrons. The summed E-state index contributed by atoms with van der Waals surface area (Å²) in [6.45, 7) is 4.13. The number of amides is 1. The quantitative estimate of drug-likeness (QED) is 0.546. The normalized spacial score (nSPS) is 12.0. The van der Waals surface area contributed by atoms with Crippen LogP contribution in [0.4, 0.5) is 0 Å². The number of rotatable bonds is 9. The first-order valence-electron chi connectivity index (χ1n) is 7.36. The van der Waals surface area contributed by atoms with Gasteiger partial charge < -0.3 is 19.7 Å². The fraction of sp³-hybridized carbons (Fsp3) is 0.294. The van der Waals surface area contributed by atoms with Gasteiger partial charge in [0.05, 0.1) is 13.2 Å². The van der Waals surface area contributed by atoms with Crippen molar-refractivity contribution in [2.24, 2.45) is 0 Å². The van der Waals surface area contributed by atoms with Crippen LogP contribution in [-0.2, 0) is 20.9 Å². The van der Waals surface area contributed by atoms with Crippen molar-refractivity contribution in [3.8, 4) is 0 Å². The van der Waals surface area contributed by atoms with Crippen LogP contribution in [0.2, 0.25) is 0 Å². The molecule has 0 aliphatic heterocycles. The molecule has 1 heterocycles. The highest BCUT2D eigenvalue weighted by Crippen LogP contribution is 2.15. The van der Waals surface area contributed by atoms with Crippen LogP contribution in [0.15, 0.2) is 49.2 Å². The zero-order chi connectivity index (χ0) is 16.7. The number of carbonyl (C=O) groups excluding carboxylic acids is 1. The molecule has 0 fully saturated rings. The smallest absolute Gasteiger partial charge is 0.328 e. The topological polar surface area (TPSA) is 80.6 Å². The Balaban J connectivity index is 1.88. The van der Waals surface area contributed by atoms with Crippen LogP contribution in [-0.4, -0.2) is 40.8 Å². The van der Waals surface area contributed by atoms with Gasteiger partial charge in [-0.25, -0.2) is 4.79 Å². The minimum Gasteiger partial charge on any atom is -0.480 e. The van der Waals surface area contributed by atoms with Gasteiger partial charge in [-0.15, -0.1) is 6.58 Å². The number of aliphatic carboxylic acids is 1. The van der Waals surface area contributed by atoms with Gasteiger partial charge in [-0.1, -0.05) is 24.3 Å². The number of nitrogens with one attached hydrogen (secondary N) is 1. The average molecular weight is 316 g/mol. The number of carbonyl (C=O) groups is 2. The first kappa shape index (κ1) is 16.8. The van der Waals surface area contributed by atoms with E-state index in [4.69, 9.17) is 9.84 Å². The SMILES string of the molecule is C=CCOCC(NC(=O)CCn1ccc2ccccc21)C(=O)O. The van der Waals surface area contributed by atoms with E-state index >= 15 is 0 Å². The number of nitrogens with zero attached hydrogens (tertiary/aromatic N) is 1. The van der Waals surface area contributed by atoms with Crippen molar-refractivity contribution >= 4 is 22.8 Å². The van der Waals surface area contributed by atoms with Crippen molar-refractivity contribution in [2.75, 3.05) is 13.2 Å². The molecule has 0 saturated heterocycles. The van der Waals surface area contributed by atoms with Crippen molar-refractivity contribution in [1.82, 2.24) is 9.88 Å². The second-order valence-electron chi connectivity index (χ2n) is 5.10. The Morgan fingerprint density at radius 1 is 1.35 bits per heavy atom. The largest absolute Gasteiger partial charge is 0.480 e. The predicted molar refractivity (Wildman–Crippen MR) is 87.1 cm³/mol. The van der Waals surface area contributed by atoms with Gasteiger partial charge in [-0.05, 0) is 17.5 Å². The lowest BCUT2D eigenvalue weighted by atomic mass is 10.2. The van der Waals surface area contributed by atoms with Crippen molar-refractivity contribution in [2.45, 2.75) is 19.0 Å². The van der Waals surface area contributed by atoms with E-state index in [1.807, 2.05) is 41.1 Å². The molecule has 1 aromatic heterocycles. The number of para-hydroxylation sites is 1. The van der Waals surface area contributed by atoms with Gasteiger partial charge in [-0.2, -0.15) is 0 Å². The third kappa shape index (κ3) is 4.69. The standard InChI is InChI=1S/C17H20N2O4/c1-2-11-23-12-14(17(21)22)18-16(20)8-10-19-9-7-13-5-3-4-6-15(13)19/h2-7,9,14H,1,8,10-12H2,(H,18,20)(H,21,22). The minimum absolute atomic E-state index is 0.0838. The van der Waals surface area contributed by atoms with E-state index in [-0.39, 0.29) is 25.5 Å². The van der Waals surface area contributed by atoms with Gasteiger partial charge in [0.15, 0.2) is 6.04 Å². The summed E-state index contributed by atoms with van der Waals surface area (Å²) in [5.41, 5.74) is 1.05.